The van der Waals surface area contributed by atoms with Gasteiger partial charge in [-0.2, -0.15) is 5.10 Å². The summed E-state index contributed by atoms with van der Waals surface area (Å²) in [7, 11) is 0. The maximum atomic E-state index is 4.54. The molecule has 4 nitrogen and oxygen atoms in total. The summed E-state index contributed by atoms with van der Waals surface area (Å²) >= 11 is 0. The number of hydrogen-bond acceptors (Lipinski definition) is 3. The monoisotopic (exact) mass is 278 g/mol. The van der Waals surface area contributed by atoms with E-state index >= 15 is 0 Å². The zero-order chi connectivity index (χ0) is 14.9. The van der Waals surface area contributed by atoms with E-state index in [4.69, 9.17) is 0 Å². The van der Waals surface area contributed by atoms with Crippen LogP contribution in [0, 0.1) is 0 Å². The average molecular weight is 278 g/mol. The Morgan fingerprint density at radius 3 is 2.33 bits per heavy atom. The van der Waals surface area contributed by atoms with Crippen LogP contribution in [0.2, 0.25) is 0 Å². The summed E-state index contributed by atoms with van der Waals surface area (Å²) in [5.41, 5.74) is 3.40. The third-order valence-corrected chi connectivity index (χ3v) is 3.43. The molecule has 0 aliphatic heterocycles. The molecule has 3 rings (SSSR count). The van der Waals surface area contributed by atoms with E-state index in [9.17, 15) is 0 Å². The molecule has 0 radical (unpaired) electrons. The molecule has 0 spiro atoms. The maximum Gasteiger partial charge on any atom is 0.183 e. The molecule has 2 heterocycles. The van der Waals surface area contributed by atoms with Gasteiger partial charge in [-0.3, -0.25) is 10.1 Å². The second kappa shape index (κ2) is 5.13. The summed E-state index contributed by atoms with van der Waals surface area (Å²) in [5, 5.41) is 7.25. The lowest BCUT2D eigenvalue weighted by Gasteiger charge is -2.18. The van der Waals surface area contributed by atoms with Crippen LogP contribution in [0.4, 0.5) is 0 Å². The van der Waals surface area contributed by atoms with Gasteiger partial charge in [0.2, 0.25) is 0 Å². The maximum absolute atomic E-state index is 4.54. The Hall–Kier alpha value is -2.49. The largest absolute Gasteiger partial charge is 0.264 e. The Morgan fingerprint density at radius 1 is 0.952 bits per heavy atom. The standard InChI is InChI=1S/C17H18N4/c1-17(2,3)14-8-6-12(7-9-14)15-19-16(21-20-15)13-5-4-10-18-11-13/h4-11H,1-3H3,(H,19,20,21). The van der Waals surface area contributed by atoms with Gasteiger partial charge in [0.05, 0.1) is 0 Å². The number of aromatic nitrogens is 4. The van der Waals surface area contributed by atoms with Crippen LogP contribution in [0.5, 0.6) is 0 Å². The zero-order valence-electron chi connectivity index (χ0n) is 12.5. The second-order valence-electron chi connectivity index (χ2n) is 6.08. The van der Waals surface area contributed by atoms with E-state index in [1.165, 1.54) is 5.56 Å². The fraction of sp³-hybridized carbons (Fsp3) is 0.235. The predicted molar refractivity (Wildman–Crippen MR) is 83.7 cm³/mol. The summed E-state index contributed by atoms with van der Waals surface area (Å²) in [6.07, 6.45) is 3.50. The van der Waals surface area contributed by atoms with Crippen LogP contribution in [0.15, 0.2) is 48.8 Å². The van der Waals surface area contributed by atoms with E-state index < -0.39 is 0 Å². The summed E-state index contributed by atoms with van der Waals surface area (Å²) in [4.78, 5) is 8.62. The van der Waals surface area contributed by atoms with Crippen molar-refractivity contribution < 1.29 is 0 Å². The number of nitrogens with zero attached hydrogens (tertiary/aromatic N) is 3. The molecule has 106 valence electrons. The van der Waals surface area contributed by atoms with E-state index in [2.05, 4.69) is 65.2 Å². The SMILES string of the molecule is CC(C)(C)c1ccc(-c2nc(-c3cccnc3)n[nH]2)cc1. The van der Waals surface area contributed by atoms with Gasteiger partial charge in [0.25, 0.3) is 0 Å². The first kappa shape index (κ1) is 13.5. The molecule has 2 aromatic heterocycles. The molecule has 0 unspecified atom stereocenters. The highest BCUT2D eigenvalue weighted by molar-refractivity contribution is 5.60. The highest BCUT2D eigenvalue weighted by Gasteiger charge is 2.14. The quantitative estimate of drug-likeness (QED) is 0.775. The molecule has 3 aromatic rings. The second-order valence-corrected chi connectivity index (χ2v) is 6.08. The molecule has 0 saturated heterocycles. The lowest BCUT2D eigenvalue weighted by Crippen LogP contribution is -2.10. The van der Waals surface area contributed by atoms with Crippen molar-refractivity contribution in [3.63, 3.8) is 0 Å². The first-order valence-corrected chi connectivity index (χ1v) is 6.98. The molecule has 4 heteroatoms. The number of rotatable bonds is 2. The van der Waals surface area contributed by atoms with E-state index in [0.717, 1.165) is 17.0 Å². The molecule has 0 saturated carbocycles. The van der Waals surface area contributed by atoms with Crippen molar-refractivity contribution in [1.29, 1.82) is 0 Å². The summed E-state index contributed by atoms with van der Waals surface area (Å²) < 4.78 is 0. The Labute approximate surface area is 124 Å². The van der Waals surface area contributed by atoms with Crippen molar-refractivity contribution in [2.75, 3.05) is 0 Å². The molecule has 21 heavy (non-hydrogen) atoms. The van der Waals surface area contributed by atoms with Gasteiger partial charge in [-0.1, -0.05) is 45.0 Å². The normalized spacial score (nSPS) is 11.6. The van der Waals surface area contributed by atoms with E-state index in [-0.39, 0.29) is 5.41 Å². The Morgan fingerprint density at radius 2 is 1.71 bits per heavy atom. The minimum absolute atomic E-state index is 0.154. The van der Waals surface area contributed by atoms with Crippen molar-refractivity contribution in [2.24, 2.45) is 0 Å². The Balaban J connectivity index is 1.90. The minimum Gasteiger partial charge on any atom is -0.264 e. The lowest BCUT2D eigenvalue weighted by atomic mass is 9.87. The summed E-state index contributed by atoms with van der Waals surface area (Å²) in [6, 6.07) is 12.3. The van der Waals surface area contributed by atoms with Crippen molar-refractivity contribution >= 4 is 0 Å². The number of hydrogen-bond donors (Lipinski definition) is 1. The third kappa shape index (κ3) is 2.84. The predicted octanol–water partition coefficient (Wildman–Crippen LogP) is 3.83. The minimum atomic E-state index is 0.154. The fourth-order valence-corrected chi connectivity index (χ4v) is 2.14. The van der Waals surface area contributed by atoms with Crippen molar-refractivity contribution in [2.45, 2.75) is 26.2 Å². The number of H-pyrrole nitrogens is 1. The Kier molecular flexibility index (Phi) is 3.29. The van der Waals surface area contributed by atoms with E-state index in [0.29, 0.717) is 5.82 Å². The summed E-state index contributed by atoms with van der Waals surface area (Å²) in [5.74, 6) is 1.44. The van der Waals surface area contributed by atoms with Gasteiger partial charge in [-0.25, -0.2) is 4.98 Å². The molecule has 0 amide bonds. The number of benzene rings is 1. The van der Waals surface area contributed by atoms with Gasteiger partial charge in [-0.15, -0.1) is 0 Å². The number of pyridine rings is 1. The average Bonchev–Trinajstić information content (AvgIpc) is 2.97. The van der Waals surface area contributed by atoms with Crippen LogP contribution < -0.4 is 0 Å². The molecular formula is C17H18N4. The molecule has 0 atom stereocenters. The number of nitrogens with one attached hydrogen (secondary N) is 1. The van der Waals surface area contributed by atoms with Gasteiger partial charge >= 0.3 is 0 Å². The van der Waals surface area contributed by atoms with Crippen LogP contribution in [-0.4, -0.2) is 20.2 Å². The zero-order valence-corrected chi connectivity index (χ0v) is 12.5. The molecular weight excluding hydrogens is 260 g/mol. The molecule has 1 N–H and O–H groups in total. The van der Waals surface area contributed by atoms with Gasteiger partial charge in [0.15, 0.2) is 11.6 Å². The molecule has 0 aliphatic rings. The van der Waals surface area contributed by atoms with Gasteiger partial charge in [0, 0.05) is 23.5 Å². The van der Waals surface area contributed by atoms with Crippen LogP contribution in [0.1, 0.15) is 26.3 Å². The van der Waals surface area contributed by atoms with Gasteiger partial charge < -0.3 is 0 Å². The molecule has 0 bridgehead atoms. The van der Waals surface area contributed by atoms with Crippen molar-refractivity contribution in [3.05, 3.63) is 54.4 Å². The van der Waals surface area contributed by atoms with Gasteiger partial charge in [-0.05, 0) is 23.1 Å². The molecule has 0 fully saturated rings. The van der Waals surface area contributed by atoms with E-state index in [1.807, 2.05) is 12.1 Å². The third-order valence-electron chi connectivity index (χ3n) is 3.43. The highest BCUT2D eigenvalue weighted by atomic mass is 15.2. The topological polar surface area (TPSA) is 54.5 Å². The lowest BCUT2D eigenvalue weighted by molar-refractivity contribution is 0.590. The number of aromatic amines is 1. The fourth-order valence-electron chi connectivity index (χ4n) is 2.14. The van der Waals surface area contributed by atoms with Crippen molar-refractivity contribution in [3.8, 4) is 22.8 Å². The van der Waals surface area contributed by atoms with Crippen LogP contribution in [0.3, 0.4) is 0 Å². The smallest absolute Gasteiger partial charge is 0.183 e. The van der Waals surface area contributed by atoms with Crippen LogP contribution in [0.25, 0.3) is 22.8 Å². The molecule has 0 aliphatic carbocycles. The first-order valence-electron chi connectivity index (χ1n) is 6.98. The Bertz CT molecular complexity index is 721. The van der Waals surface area contributed by atoms with E-state index in [1.54, 1.807) is 12.4 Å². The van der Waals surface area contributed by atoms with Gasteiger partial charge in [0.1, 0.15) is 0 Å². The molecule has 1 aromatic carbocycles. The van der Waals surface area contributed by atoms with Crippen molar-refractivity contribution in [1.82, 2.24) is 20.2 Å². The van der Waals surface area contributed by atoms with Crippen LogP contribution >= 0.6 is 0 Å². The summed E-state index contributed by atoms with van der Waals surface area (Å²) in [6.45, 7) is 6.62. The van der Waals surface area contributed by atoms with Crippen LogP contribution in [-0.2, 0) is 5.41 Å². The highest BCUT2D eigenvalue weighted by Crippen LogP contribution is 2.25. The first-order chi connectivity index (χ1) is 10.0.